The average molecular weight is 428 g/mol. The first-order valence-electron chi connectivity index (χ1n) is 9.76. The van der Waals surface area contributed by atoms with Gasteiger partial charge in [-0.3, -0.25) is 9.00 Å². The van der Waals surface area contributed by atoms with E-state index in [1.807, 2.05) is 24.3 Å². The van der Waals surface area contributed by atoms with Crippen LogP contribution in [-0.4, -0.2) is 40.2 Å². The summed E-state index contributed by atoms with van der Waals surface area (Å²) in [5.41, 5.74) is 1.34. The molecule has 0 aliphatic carbocycles. The zero-order valence-electron chi connectivity index (χ0n) is 17.1. The molecule has 0 radical (unpaired) electrons. The lowest BCUT2D eigenvalue weighted by atomic mass is 10.1. The van der Waals surface area contributed by atoms with Crippen LogP contribution in [0.4, 0.5) is 0 Å². The molecule has 2 aromatic carbocycles. The fourth-order valence-corrected chi connectivity index (χ4v) is 3.73. The molecule has 1 heterocycles. The number of aromatic nitrogens is 2. The number of nitrogens with zero attached hydrogens (tertiary/aromatic N) is 2. The number of carbonyl (C=O) groups excluding carboxylic acids is 1. The Balaban J connectivity index is 1.39. The maximum absolute atomic E-state index is 12.3. The molecule has 3 aromatic rings. The smallest absolute Gasteiger partial charge is 0.252 e. The van der Waals surface area contributed by atoms with Gasteiger partial charge < -0.3 is 14.6 Å². The number of ether oxygens (including phenoxy) is 1. The van der Waals surface area contributed by atoms with Crippen molar-refractivity contribution in [1.29, 1.82) is 0 Å². The lowest BCUT2D eigenvalue weighted by Gasteiger charge is -2.08. The molecule has 0 aliphatic heterocycles. The molecule has 0 aliphatic rings. The summed E-state index contributed by atoms with van der Waals surface area (Å²) in [5.74, 6) is 1.75. The monoisotopic (exact) mass is 427 g/mol. The highest BCUT2D eigenvalue weighted by atomic mass is 32.2. The predicted octanol–water partition coefficient (Wildman–Crippen LogP) is 3.63. The number of aryl methyl sites for hydroxylation is 1. The van der Waals surface area contributed by atoms with Gasteiger partial charge in [-0.25, -0.2) is 0 Å². The van der Waals surface area contributed by atoms with Crippen LogP contribution in [0.25, 0.3) is 11.4 Å². The SMILES string of the molecule is COc1ccc(-c2noc(CCCCCNC(=O)c3ccccc3[S@](C)=O)n2)cc1. The van der Waals surface area contributed by atoms with E-state index in [1.165, 1.54) is 0 Å². The number of hydrogen-bond acceptors (Lipinski definition) is 6. The number of rotatable bonds is 10. The summed E-state index contributed by atoms with van der Waals surface area (Å²) in [4.78, 5) is 17.3. The van der Waals surface area contributed by atoms with Crippen LogP contribution in [0.5, 0.6) is 5.75 Å². The Morgan fingerprint density at radius 2 is 1.87 bits per heavy atom. The normalized spacial score (nSPS) is 11.8. The van der Waals surface area contributed by atoms with Crippen molar-refractivity contribution < 1.29 is 18.3 Å². The molecular formula is C22H25N3O4S. The summed E-state index contributed by atoms with van der Waals surface area (Å²) in [5, 5.41) is 6.92. The zero-order chi connectivity index (χ0) is 21.3. The van der Waals surface area contributed by atoms with Gasteiger partial charge in [0.2, 0.25) is 11.7 Å². The van der Waals surface area contributed by atoms with Crippen LogP contribution in [0, 0.1) is 0 Å². The molecule has 1 N–H and O–H groups in total. The van der Waals surface area contributed by atoms with Crippen molar-refractivity contribution in [2.75, 3.05) is 19.9 Å². The largest absolute Gasteiger partial charge is 0.497 e. The first kappa shape index (κ1) is 21.7. The van der Waals surface area contributed by atoms with Crippen LogP contribution in [0.2, 0.25) is 0 Å². The molecule has 0 spiro atoms. The number of nitrogens with one attached hydrogen (secondary N) is 1. The van der Waals surface area contributed by atoms with Gasteiger partial charge in [-0.1, -0.05) is 23.7 Å². The quantitative estimate of drug-likeness (QED) is 0.497. The second-order valence-electron chi connectivity index (χ2n) is 6.76. The Morgan fingerprint density at radius 3 is 2.60 bits per heavy atom. The molecule has 8 heteroatoms. The number of amides is 1. The third-order valence-corrected chi connectivity index (χ3v) is 5.59. The molecular weight excluding hydrogens is 402 g/mol. The molecule has 0 fully saturated rings. The van der Waals surface area contributed by atoms with Gasteiger partial charge in [0, 0.05) is 24.8 Å². The standard InChI is InChI=1S/C22H25N3O4S/c1-28-17-13-11-16(12-14-17)21-24-20(29-25-21)10-4-3-7-15-23-22(26)18-8-5-6-9-19(18)30(2)27/h5-6,8-9,11-14H,3-4,7,10,15H2,1-2H3,(H,23,26)/t30-/m0/s1. The zero-order valence-corrected chi connectivity index (χ0v) is 17.9. The van der Waals surface area contributed by atoms with Crippen LogP contribution >= 0.6 is 0 Å². The van der Waals surface area contributed by atoms with Crippen LogP contribution in [0.3, 0.4) is 0 Å². The topological polar surface area (TPSA) is 94.3 Å². The predicted molar refractivity (Wildman–Crippen MR) is 115 cm³/mol. The maximum Gasteiger partial charge on any atom is 0.252 e. The number of benzene rings is 2. The molecule has 0 saturated heterocycles. The molecule has 158 valence electrons. The molecule has 7 nitrogen and oxygen atoms in total. The van der Waals surface area contributed by atoms with Gasteiger partial charge in [0.25, 0.3) is 5.91 Å². The number of methoxy groups -OCH3 is 1. The highest BCUT2D eigenvalue weighted by Gasteiger charge is 2.13. The number of carbonyl (C=O) groups is 1. The molecule has 30 heavy (non-hydrogen) atoms. The van der Waals surface area contributed by atoms with E-state index in [-0.39, 0.29) is 5.91 Å². The summed E-state index contributed by atoms with van der Waals surface area (Å²) in [7, 11) is 0.427. The molecule has 3 rings (SSSR count). The first-order valence-corrected chi connectivity index (χ1v) is 11.3. The highest BCUT2D eigenvalue weighted by Crippen LogP contribution is 2.20. The molecule has 0 bridgehead atoms. The van der Waals surface area contributed by atoms with Gasteiger partial charge in [0.15, 0.2) is 0 Å². The number of hydrogen-bond donors (Lipinski definition) is 1. The van der Waals surface area contributed by atoms with Gasteiger partial charge in [0.05, 0.1) is 28.4 Å². The van der Waals surface area contributed by atoms with E-state index < -0.39 is 10.8 Å². The van der Waals surface area contributed by atoms with E-state index in [0.29, 0.717) is 35.1 Å². The highest BCUT2D eigenvalue weighted by molar-refractivity contribution is 7.84. The van der Waals surface area contributed by atoms with Gasteiger partial charge in [-0.15, -0.1) is 0 Å². The van der Waals surface area contributed by atoms with Gasteiger partial charge in [-0.05, 0) is 49.2 Å². The molecule has 1 amide bonds. The second-order valence-corrected chi connectivity index (χ2v) is 8.11. The minimum absolute atomic E-state index is 0.193. The summed E-state index contributed by atoms with van der Waals surface area (Å²) < 4.78 is 22.2. The van der Waals surface area contributed by atoms with Crippen LogP contribution in [0.15, 0.2) is 57.9 Å². The molecule has 0 saturated carbocycles. The van der Waals surface area contributed by atoms with Gasteiger partial charge in [0.1, 0.15) is 5.75 Å². The van der Waals surface area contributed by atoms with E-state index in [2.05, 4.69) is 15.5 Å². The fraction of sp³-hybridized carbons (Fsp3) is 0.318. The number of unbranched alkanes of at least 4 members (excludes halogenated alkanes) is 2. The lowest BCUT2D eigenvalue weighted by molar-refractivity contribution is 0.0950. The van der Waals surface area contributed by atoms with Gasteiger partial charge in [-0.2, -0.15) is 4.98 Å². The summed E-state index contributed by atoms with van der Waals surface area (Å²) >= 11 is 0. The Bertz CT molecular complexity index is 1000. The van der Waals surface area contributed by atoms with E-state index in [0.717, 1.165) is 30.6 Å². The summed E-state index contributed by atoms with van der Waals surface area (Å²) in [6, 6.07) is 14.5. The molecule has 0 unspecified atom stereocenters. The van der Waals surface area contributed by atoms with E-state index in [4.69, 9.17) is 9.26 Å². The minimum Gasteiger partial charge on any atom is -0.497 e. The van der Waals surface area contributed by atoms with Crippen molar-refractivity contribution in [2.24, 2.45) is 0 Å². The van der Waals surface area contributed by atoms with E-state index in [9.17, 15) is 9.00 Å². The van der Waals surface area contributed by atoms with Crippen molar-refractivity contribution in [3.8, 4) is 17.1 Å². The van der Waals surface area contributed by atoms with Crippen molar-refractivity contribution in [3.05, 3.63) is 60.0 Å². The lowest BCUT2D eigenvalue weighted by Crippen LogP contribution is -2.25. The summed E-state index contributed by atoms with van der Waals surface area (Å²) in [6.45, 7) is 0.560. The second kappa shape index (κ2) is 10.7. The van der Waals surface area contributed by atoms with Gasteiger partial charge >= 0.3 is 0 Å². The minimum atomic E-state index is -1.20. The maximum atomic E-state index is 12.3. The van der Waals surface area contributed by atoms with E-state index in [1.54, 1.807) is 37.6 Å². The van der Waals surface area contributed by atoms with Crippen molar-refractivity contribution >= 4 is 16.7 Å². The van der Waals surface area contributed by atoms with Crippen LogP contribution in [0.1, 0.15) is 35.5 Å². The Morgan fingerprint density at radius 1 is 1.10 bits per heavy atom. The average Bonchev–Trinajstić information content (AvgIpc) is 3.25. The van der Waals surface area contributed by atoms with Crippen molar-refractivity contribution in [2.45, 2.75) is 30.6 Å². The van der Waals surface area contributed by atoms with Crippen molar-refractivity contribution in [3.63, 3.8) is 0 Å². The summed E-state index contributed by atoms with van der Waals surface area (Å²) in [6.07, 6.45) is 4.90. The van der Waals surface area contributed by atoms with E-state index >= 15 is 0 Å². The third kappa shape index (κ3) is 5.76. The van der Waals surface area contributed by atoms with Crippen molar-refractivity contribution in [1.82, 2.24) is 15.5 Å². The Hall–Kier alpha value is -3.00. The Labute approximate surface area is 178 Å². The third-order valence-electron chi connectivity index (χ3n) is 4.61. The Kier molecular flexibility index (Phi) is 7.73. The first-order chi connectivity index (χ1) is 14.6. The van der Waals surface area contributed by atoms with Crippen LogP contribution < -0.4 is 10.1 Å². The fourth-order valence-electron chi connectivity index (χ4n) is 2.99. The molecule has 1 atom stereocenters. The van der Waals surface area contributed by atoms with Crippen LogP contribution in [-0.2, 0) is 17.2 Å². The molecule has 1 aromatic heterocycles.